The van der Waals surface area contributed by atoms with E-state index in [1.165, 1.54) is 0 Å². The molecule has 2 aromatic heterocycles. The first kappa shape index (κ1) is 18.7. The maximum absolute atomic E-state index is 12.3. The predicted molar refractivity (Wildman–Crippen MR) is 106 cm³/mol. The van der Waals surface area contributed by atoms with Gasteiger partial charge in [-0.25, -0.2) is 9.78 Å². The van der Waals surface area contributed by atoms with Crippen molar-refractivity contribution in [2.24, 2.45) is 0 Å². The van der Waals surface area contributed by atoms with Crippen LogP contribution in [0.3, 0.4) is 0 Å². The van der Waals surface area contributed by atoms with Crippen LogP contribution in [0.1, 0.15) is 12.3 Å². The number of aromatic nitrogens is 3. The van der Waals surface area contributed by atoms with Crippen LogP contribution in [0, 0.1) is 0 Å². The number of hydrogen-bond acceptors (Lipinski definition) is 6. The summed E-state index contributed by atoms with van der Waals surface area (Å²) in [7, 11) is 0. The first-order valence-electron chi connectivity index (χ1n) is 8.74. The third-order valence-electron chi connectivity index (χ3n) is 4.11. The van der Waals surface area contributed by atoms with Crippen LogP contribution < -0.4 is 11.1 Å². The van der Waals surface area contributed by atoms with E-state index in [1.54, 1.807) is 42.6 Å². The Kier molecular flexibility index (Phi) is 5.26. The highest BCUT2D eigenvalue weighted by Gasteiger charge is 2.11. The Morgan fingerprint density at radius 3 is 2.72 bits per heavy atom. The highest BCUT2D eigenvalue weighted by Crippen LogP contribution is 2.23. The van der Waals surface area contributed by atoms with E-state index in [9.17, 15) is 9.59 Å². The molecule has 0 aliphatic heterocycles. The van der Waals surface area contributed by atoms with Gasteiger partial charge in [-0.1, -0.05) is 28.9 Å². The molecule has 1 amide bonds. The lowest BCUT2D eigenvalue weighted by molar-refractivity contribution is -0.116. The number of H-pyrrole nitrogens is 1. The standard InChI is InChI=1S/C20H15ClN4O4/c21-14-6-4-12(5-7-14)16-11-22-18(28-16)9-8-17(26)23-15-3-1-2-13(10-15)19-24-20(27)29-25-19/h1-7,10-11H,8-9H2,(H,23,26)(H,24,25,27). The quantitative estimate of drug-likeness (QED) is 0.498. The normalized spacial score (nSPS) is 10.8. The van der Waals surface area contributed by atoms with Crippen LogP contribution in [0.4, 0.5) is 5.69 Å². The number of nitrogens with one attached hydrogen (secondary N) is 2. The SMILES string of the molecule is O=C(CCc1ncc(-c2ccc(Cl)cc2)o1)Nc1cccc(-c2noc(=O)[nH]2)c1. The zero-order valence-corrected chi connectivity index (χ0v) is 15.8. The minimum Gasteiger partial charge on any atom is -0.441 e. The summed E-state index contributed by atoms with van der Waals surface area (Å²) in [6.07, 6.45) is 2.18. The van der Waals surface area contributed by atoms with Gasteiger partial charge in [0, 0.05) is 34.7 Å². The Morgan fingerprint density at radius 2 is 1.97 bits per heavy atom. The molecule has 4 rings (SSSR count). The molecule has 0 aliphatic carbocycles. The average molecular weight is 411 g/mol. The van der Waals surface area contributed by atoms with Crippen molar-refractivity contribution in [2.75, 3.05) is 5.32 Å². The van der Waals surface area contributed by atoms with Gasteiger partial charge in [0.15, 0.2) is 17.5 Å². The van der Waals surface area contributed by atoms with Gasteiger partial charge in [-0.2, -0.15) is 0 Å². The van der Waals surface area contributed by atoms with Crippen molar-refractivity contribution in [3.63, 3.8) is 0 Å². The zero-order chi connectivity index (χ0) is 20.2. The summed E-state index contributed by atoms with van der Waals surface area (Å²) in [5, 5.41) is 7.07. The van der Waals surface area contributed by atoms with E-state index in [2.05, 4.69) is 25.0 Å². The maximum atomic E-state index is 12.3. The fourth-order valence-electron chi connectivity index (χ4n) is 2.72. The van der Waals surface area contributed by atoms with Crippen LogP contribution in [0.15, 0.2) is 68.5 Å². The smallest absolute Gasteiger partial charge is 0.439 e. The van der Waals surface area contributed by atoms with Crippen molar-refractivity contribution in [3.8, 4) is 22.7 Å². The van der Waals surface area contributed by atoms with E-state index in [4.69, 9.17) is 16.0 Å². The molecule has 0 saturated carbocycles. The topological polar surface area (TPSA) is 114 Å². The molecule has 0 bridgehead atoms. The number of anilines is 1. The van der Waals surface area contributed by atoms with Crippen molar-refractivity contribution in [1.82, 2.24) is 15.1 Å². The monoisotopic (exact) mass is 410 g/mol. The van der Waals surface area contributed by atoms with E-state index in [0.717, 1.165) is 5.56 Å². The summed E-state index contributed by atoms with van der Waals surface area (Å²) in [5.41, 5.74) is 2.06. The van der Waals surface area contributed by atoms with Gasteiger partial charge in [-0.15, -0.1) is 0 Å². The molecule has 8 nitrogen and oxygen atoms in total. The largest absolute Gasteiger partial charge is 0.441 e. The van der Waals surface area contributed by atoms with Crippen LogP contribution in [-0.2, 0) is 11.2 Å². The lowest BCUT2D eigenvalue weighted by Gasteiger charge is -2.05. The van der Waals surface area contributed by atoms with Gasteiger partial charge in [0.05, 0.1) is 6.20 Å². The minimum atomic E-state index is -0.640. The van der Waals surface area contributed by atoms with E-state index >= 15 is 0 Å². The van der Waals surface area contributed by atoms with Gasteiger partial charge >= 0.3 is 5.76 Å². The number of hydrogen-bond donors (Lipinski definition) is 2. The van der Waals surface area contributed by atoms with Gasteiger partial charge in [0.2, 0.25) is 5.91 Å². The number of halogens is 1. The van der Waals surface area contributed by atoms with E-state index < -0.39 is 5.76 Å². The molecule has 0 aliphatic rings. The van der Waals surface area contributed by atoms with Crippen LogP contribution >= 0.6 is 11.6 Å². The Morgan fingerprint density at radius 1 is 1.14 bits per heavy atom. The molecule has 0 unspecified atom stereocenters. The third kappa shape index (κ3) is 4.61. The molecule has 9 heteroatoms. The van der Waals surface area contributed by atoms with Crippen LogP contribution in [-0.4, -0.2) is 21.0 Å². The number of carbonyl (C=O) groups is 1. The molecule has 4 aromatic rings. The fourth-order valence-corrected chi connectivity index (χ4v) is 2.84. The van der Waals surface area contributed by atoms with E-state index in [0.29, 0.717) is 40.2 Å². The van der Waals surface area contributed by atoms with Gasteiger partial charge < -0.3 is 9.73 Å². The Balaban J connectivity index is 1.36. The summed E-state index contributed by atoms with van der Waals surface area (Å²) in [5.74, 6) is 0.548. The number of benzene rings is 2. The van der Waals surface area contributed by atoms with Gasteiger partial charge in [-0.3, -0.25) is 14.3 Å². The molecular weight excluding hydrogens is 396 g/mol. The van der Waals surface area contributed by atoms with E-state index in [1.807, 2.05) is 12.1 Å². The van der Waals surface area contributed by atoms with Crippen molar-refractivity contribution in [1.29, 1.82) is 0 Å². The maximum Gasteiger partial charge on any atom is 0.439 e. The number of oxazole rings is 1. The van der Waals surface area contributed by atoms with Gasteiger partial charge in [0.25, 0.3) is 0 Å². The lowest BCUT2D eigenvalue weighted by atomic mass is 10.2. The number of nitrogens with zero attached hydrogens (tertiary/aromatic N) is 2. The number of carbonyl (C=O) groups excluding carboxylic acids is 1. The van der Waals surface area contributed by atoms with Crippen molar-refractivity contribution in [2.45, 2.75) is 12.8 Å². The van der Waals surface area contributed by atoms with Gasteiger partial charge in [0.1, 0.15) is 0 Å². The van der Waals surface area contributed by atoms with Crippen LogP contribution in [0.5, 0.6) is 0 Å². The summed E-state index contributed by atoms with van der Waals surface area (Å²) in [6, 6.07) is 14.1. The fraction of sp³-hybridized carbons (Fsp3) is 0.100. The minimum absolute atomic E-state index is 0.193. The second kappa shape index (κ2) is 8.15. The summed E-state index contributed by atoms with van der Waals surface area (Å²) in [4.78, 5) is 30.0. The molecule has 146 valence electrons. The molecule has 2 heterocycles. The third-order valence-corrected chi connectivity index (χ3v) is 4.36. The molecule has 29 heavy (non-hydrogen) atoms. The number of aryl methyl sites for hydroxylation is 1. The van der Waals surface area contributed by atoms with Crippen LogP contribution in [0.25, 0.3) is 22.7 Å². The summed E-state index contributed by atoms with van der Waals surface area (Å²) >= 11 is 5.89. The number of amides is 1. The molecule has 0 spiro atoms. The molecular formula is C20H15ClN4O4. The summed E-state index contributed by atoms with van der Waals surface area (Å²) in [6.45, 7) is 0. The molecule has 2 aromatic carbocycles. The molecule has 0 saturated heterocycles. The first-order chi connectivity index (χ1) is 14.1. The number of rotatable bonds is 6. The van der Waals surface area contributed by atoms with Crippen molar-refractivity contribution in [3.05, 3.63) is 76.2 Å². The highest BCUT2D eigenvalue weighted by molar-refractivity contribution is 6.30. The highest BCUT2D eigenvalue weighted by atomic mass is 35.5. The Bertz CT molecular complexity index is 1190. The van der Waals surface area contributed by atoms with Gasteiger partial charge in [-0.05, 0) is 36.4 Å². The predicted octanol–water partition coefficient (Wildman–Crippen LogP) is 3.91. The second-order valence-electron chi connectivity index (χ2n) is 6.20. The lowest BCUT2D eigenvalue weighted by Crippen LogP contribution is -2.12. The average Bonchev–Trinajstić information content (AvgIpc) is 3.36. The number of aromatic amines is 1. The molecule has 0 radical (unpaired) electrons. The van der Waals surface area contributed by atoms with Crippen molar-refractivity contribution >= 4 is 23.2 Å². The molecule has 0 atom stereocenters. The van der Waals surface area contributed by atoms with Crippen LogP contribution in [0.2, 0.25) is 5.02 Å². The first-order valence-corrected chi connectivity index (χ1v) is 9.11. The second-order valence-corrected chi connectivity index (χ2v) is 6.63. The van der Waals surface area contributed by atoms with E-state index in [-0.39, 0.29) is 12.3 Å². The Labute approximate surface area is 169 Å². The summed E-state index contributed by atoms with van der Waals surface area (Å²) < 4.78 is 10.2. The molecule has 0 fully saturated rings. The molecule has 2 N–H and O–H groups in total. The zero-order valence-electron chi connectivity index (χ0n) is 15.0. The Hall–Kier alpha value is -3.65. The van der Waals surface area contributed by atoms with Crippen molar-refractivity contribution < 1.29 is 13.7 Å².